The zero-order chi connectivity index (χ0) is 42.7. The fourth-order valence-electron chi connectivity index (χ4n) is 6.23. The topological polar surface area (TPSA) is 185 Å². The summed E-state index contributed by atoms with van der Waals surface area (Å²) in [6.45, 7) is 8.97. The summed E-state index contributed by atoms with van der Waals surface area (Å²) in [5.41, 5.74) is 3.04. The smallest absolute Gasteiger partial charge is 0.329 e. The van der Waals surface area contributed by atoms with E-state index in [4.69, 9.17) is 4.74 Å². The molecule has 312 valence electrons. The number of aliphatic hydroxyl groups excluding tert-OH is 1. The van der Waals surface area contributed by atoms with E-state index in [1.54, 1.807) is 42.7 Å². The van der Waals surface area contributed by atoms with E-state index in [0.29, 0.717) is 22.9 Å². The van der Waals surface area contributed by atoms with Crippen molar-refractivity contribution < 1.29 is 37.8 Å². The van der Waals surface area contributed by atoms with Crippen LogP contribution in [0.1, 0.15) is 91.6 Å². The highest BCUT2D eigenvalue weighted by molar-refractivity contribution is 7.90. The molecule has 12 nitrogen and oxygen atoms in total. The Hall–Kier alpha value is -5.44. The van der Waals surface area contributed by atoms with Gasteiger partial charge in [0.05, 0.1) is 16.4 Å². The summed E-state index contributed by atoms with van der Waals surface area (Å²) in [5, 5.41) is 26.3. The first-order chi connectivity index (χ1) is 28.0. The lowest BCUT2D eigenvalue weighted by molar-refractivity contribution is -0.145. The Bertz CT molecular complexity index is 2290. The minimum atomic E-state index is -3.54. The van der Waals surface area contributed by atoms with Gasteiger partial charge >= 0.3 is 5.97 Å². The van der Waals surface area contributed by atoms with Gasteiger partial charge in [0, 0.05) is 41.1 Å². The van der Waals surface area contributed by atoms with Crippen molar-refractivity contribution in [3.05, 3.63) is 118 Å². The predicted octanol–water partition coefficient (Wildman–Crippen LogP) is 7.57. The van der Waals surface area contributed by atoms with Crippen molar-refractivity contribution in [1.82, 2.24) is 20.6 Å². The number of rotatable bonds is 19. The number of sulfone groups is 1. The molecular formula is C45H52N4O8S2. The van der Waals surface area contributed by atoms with Gasteiger partial charge in [0.2, 0.25) is 5.91 Å². The Morgan fingerprint density at radius 2 is 1.42 bits per heavy atom. The van der Waals surface area contributed by atoms with Gasteiger partial charge in [0.1, 0.15) is 17.9 Å². The van der Waals surface area contributed by atoms with E-state index >= 15 is 0 Å². The molecule has 3 atom stereocenters. The maximum Gasteiger partial charge on any atom is 0.329 e. The number of thiophene rings is 1. The number of nitrogens with zero attached hydrogens (tertiary/aromatic N) is 2. The second kappa shape index (κ2) is 20.0. The first kappa shape index (κ1) is 44.7. The van der Waals surface area contributed by atoms with Crippen molar-refractivity contribution in [2.45, 2.75) is 94.7 Å². The molecule has 0 bridgehead atoms. The van der Waals surface area contributed by atoms with Crippen LogP contribution in [-0.2, 0) is 31.3 Å². The molecule has 0 aliphatic heterocycles. The monoisotopic (exact) mass is 840 g/mol. The average Bonchev–Trinajstić information content (AvgIpc) is 3.73. The lowest BCUT2D eigenvalue weighted by Gasteiger charge is -2.25. The molecule has 0 saturated heterocycles. The molecule has 0 fully saturated rings. The van der Waals surface area contributed by atoms with Gasteiger partial charge in [-0.25, -0.2) is 23.2 Å². The molecule has 0 aliphatic rings. The normalized spacial score (nSPS) is 13.3. The lowest BCUT2D eigenvalue weighted by Crippen LogP contribution is -2.54. The number of carboxylic acids is 1. The number of hydrogen-bond acceptors (Lipinski definition) is 10. The predicted molar refractivity (Wildman–Crippen MR) is 229 cm³/mol. The Morgan fingerprint density at radius 1 is 0.797 bits per heavy atom. The molecule has 0 saturated carbocycles. The number of hydrogen-bond donors (Lipinski definition) is 4. The SMILES string of the molecule is CCCCCCCOc1ccc(-c2cnc(-c3ccc(CC(NC(=O)c4ccc(C(C)(C)C)s4)C(=O)NC(C(=O)O)C(O)c4ccc(S(C)(=O)=O)cc4)cc3)nc2)cc1. The van der Waals surface area contributed by atoms with Gasteiger partial charge in [-0.2, -0.15) is 0 Å². The van der Waals surface area contributed by atoms with Gasteiger partial charge in [0.15, 0.2) is 21.7 Å². The van der Waals surface area contributed by atoms with E-state index in [-0.39, 0.29) is 22.3 Å². The minimum Gasteiger partial charge on any atom is -0.494 e. The van der Waals surface area contributed by atoms with Crippen LogP contribution >= 0.6 is 11.3 Å². The van der Waals surface area contributed by atoms with Crippen LogP contribution in [0, 0.1) is 0 Å². The first-order valence-corrected chi connectivity index (χ1v) is 22.3. The number of benzene rings is 3. The van der Waals surface area contributed by atoms with E-state index in [2.05, 4.69) is 27.5 Å². The van der Waals surface area contributed by atoms with Crippen LogP contribution in [0.3, 0.4) is 0 Å². The Labute approximate surface area is 350 Å². The fraction of sp³-hybridized carbons (Fsp3) is 0.356. The van der Waals surface area contributed by atoms with E-state index in [1.165, 1.54) is 61.3 Å². The van der Waals surface area contributed by atoms with E-state index in [1.807, 2.05) is 51.1 Å². The molecular weight excluding hydrogens is 789 g/mol. The second-order valence-corrected chi connectivity index (χ2v) is 18.6. The number of unbranched alkanes of at least 4 members (excludes halogenated alkanes) is 4. The molecule has 0 aliphatic carbocycles. The average molecular weight is 841 g/mol. The summed E-state index contributed by atoms with van der Waals surface area (Å²) in [6.07, 6.45) is 8.67. The molecule has 59 heavy (non-hydrogen) atoms. The zero-order valence-corrected chi connectivity index (χ0v) is 35.6. The maximum absolute atomic E-state index is 13.9. The third kappa shape index (κ3) is 12.5. The molecule has 3 unspecified atom stereocenters. The number of ether oxygens (including phenoxy) is 1. The molecule has 4 N–H and O–H groups in total. The van der Waals surface area contributed by atoms with Gasteiger partial charge < -0.3 is 25.6 Å². The van der Waals surface area contributed by atoms with Crippen LogP contribution in [0.25, 0.3) is 22.5 Å². The van der Waals surface area contributed by atoms with Crippen LogP contribution in [0.15, 0.2) is 102 Å². The molecule has 0 spiro atoms. The molecule has 3 aromatic carbocycles. The summed E-state index contributed by atoms with van der Waals surface area (Å²) in [4.78, 5) is 50.3. The van der Waals surface area contributed by atoms with Crippen LogP contribution in [0.4, 0.5) is 0 Å². The van der Waals surface area contributed by atoms with Crippen LogP contribution in [-0.4, -0.2) is 71.3 Å². The van der Waals surface area contributed by atoms with Crippen molar-refractivity contribution >= 4 is 39.0 Å². The maximum atomic E-state index is 13.9. The number of aliphatic hydroxyl groups is 1. The Kier molecular flexibility index (Phi) is 15.1. The lowest BCUT2D eigenvalue weighted by atomic mass is 9.95. The number of carbonyl (C=O) groups is 3. The summed E-state index contributed by atoms with van der Waals surface area (Å²) < 4.78 is 29.7. The van der Waals surface area contributed by atoms with Crippen molar-refractivity contribution in [3.8, 4) is 28.3 Å². The van der Waals surface area contributed by atoms with Crippen molar-refractivity contribution in [2.75, 3.05) is 12.9 Å². The number of nitrogens with one attached hydrogen (secondary N) is 2. The zero-order valence-electron chi connectivity index (χ0n) is 34.0. The molecule has 2 aromatic heterocycles. The number of carboxylic acid groups (broad SMARTS) is 1. The highest BCUT2D eigenvalue weighted by atomic mass is 32.2. The Balaban J connectivity index is 1.29. The first-order valence-electron chi connectivity index (χ1n) is 19.6. The minimum absolute atomic E-state index is 0.0136. The largest absolute Gasteiger partial charge is 0.494 e. The summed E-state index contributed by atoms with van der Waals surface area (Å²) in [5.74, 6) is -1.57. The quantitative estimate of drug-likeness (QED) is 0.0605. The van der Waals surface area contributed by atoms with Gasteiger partial charge in [0.25, 0.3) is 5.91 Å². The standard InChI is InChI=1S/C45H52N4O8S2/c1-6-7-8-9-10-25-57-34-19-15-30(16-20-34)33-27-46-41(47-28-33)32-13-11-29(12-14-32)26-36(48-43(52)37-23-24-38(58-37)45(2,3)4)42(51)49-39(44(53)54)40(50)31-17-21-35(22-18-31)59(5,55)56/h11-24,27-28,36,39-40,50H,6-10,25-26H2,1-5H3,(H,48,52)(H,49,51)(H,53,54). The summed E-state index contributed by atoms with van der Waals surface area (Å²) in [6, 6.07) is 20.5. The third-order valence-corrected chi connectivity index (χ3v) is 12.4. The molecule has 5 aromatic rings. The fourth-order valence-corrected chi connectivity index (χ4v) is 7.82. The highest BCUT2D eigenvalue weighted by Gasteiger charge is 2.33. The van der Waals surface area contributed by atoms with Gasteiger partial charge in [-0.1, -0.05) is 102 Å². The molecule has 2 heterocycles. The van der Waals surface area contributed by atoms with E-state index in [9.17, 15) is 33.0 Å². The van der Waals surface area contributed by atoms with Crippen LogP contribution in [0.5, 0.6) is 5.75 Å². The molecule has 2 amide bonds. The van der Waals surface area contributed by atoms with Crippen LogP contribution in [0.2, 0.25) is 0 Å². The molecule has 14 heteroatoms. The van der Waals surface area contributed by atoms with Crippen molar-refractivity contribution in [2.24, 2.45) is 0 Å². The second-order valence-electron chi connectivity index (χ2n) is 15.5. The third-order valence-electron chi connectivity index (χ3n) is 9.73. The summed E-state index contributed by atoms with van der Waals surface area (Å²) >= 11 is 1.30. The van der Waals surface area contributed by atoms with Crippen molar-refractivity contribution in [1.29, 1.82) is 0 Å². The number of aliphatic carboxylic acids is 1. The van der Waals surface area contributed by atoms with Gasteiger partial charge in [-0.15, -0.1) is 11.3 Å². The Morgan fingerprint density at radius 3 is 2.00 bits per heavy atom. The number of amides is 2. The van der Waals surface area contributed by atoms with Gasteiger partial charge in [-0.05, 0) is 64.9 Å². The van der Waals surface area contributed by atoms with Gasteiger partial charge in [-0.3, -0.25) is 9.59 Å². The molecule has 5 rings (SSSR count). The van der Waals surface area contributed by atoms with Crippen LogP contribution < -0.4 is 15.4 Å². The number of carbonyl (C=O) groups excluding carboxylic acids is 2. The molecule has 0 radical (unpaired) electrons. The number of aromatic nitrogens is 2. The highest BCUT2D eigenvalue weighted by Crippen LogP contribution is 2.30. The van der Waals surface area contributed by atoms with E-state index in [0.717, 1.165) is 40.0 Å². The van der Waals surface area contributed by atoms with E-state index < -0.39 is 45.8 Å². The summed E-state index contributed by atoms with van der Waals surface area (Å²) in [7, 11) is -3.54. The van der Waals surface area contributed by atoms with Crippen molar-refractivity contribution in [3.63, 3.8) is 0 Å².